The molecule has 1 aliphatic rings. The maximum Gasteiger partial charge on any atom is 0.250 e. The number of piperidine rings is 1. The maximum absolute atomic E-state index is 12.4. The van der Waals surface area contributed by atoms with Crippen LogP contribution in [0.5, 0.6) is 0 Å². The average molecular weight is 341 g/mol. The number of amides is 2. The van der Waals surface area contributed by atoms with Gasteiger partial charge in [0.05, 0.1) is 11.3 Å². The van der Waals surface area contributed by atoms with Crippen LogP contribution in [0.1, 0.15) is 42.6 Å². The quantitative estimate of drug-likeness (QED) is 0.871. The maximum atomic E-state index is 12.4. The lowest BCUT2D eigenvalue weighted by Gasteiger charge is -2.30. The van der Waals surface area contributed by atoms with Crippen LogP contribution in [0.3, 0.4) is 0 Å². The van der Waals surface area contributed by atoms with Crippen molar-refractivity contribution in [2.45, 2.75) is 32.2 Å². The molecule has 0 radical (unpaired) electrons. The normalized spacial score (nSPS) is 15.6. The zero-order chi connectivity index (χ0) is 17.8. The SMILES string of the molecule is C[C@H](C(=O)Nc1ccc(C(N)=O)c(N2CCCCC2)c1)n1cccn1. The Labute approximate surface area is 146 Å². The van der Waals surface area contributed by atoms with Crippen LogP contribution in [-0.4, -0.2) is 34.7 Å². The van der Waals surface area contributed by atoms with Crippen LogP contribution < -0.4 is 16.0 Å². The highest BCUT2D eigenvalue weighted by Gasteiger charge is 2.20. The van der Waals surface area contributed by atoms with Crippen LogP contribution in [0.25, 0.3) is 0 Å². The lowest BCUT2D eigenvalue weighted by molar-refractivity contribution is -0.119. The van der Waals surface area contributed by atoms with E-state index in [0.29, 0.717) is 11.3 Å². The number of hydrogen-bond donors (Lipinski definition) is 2. The molecule has 0 unspecified atom stereocenters. The molecule has 3 rings (SSSR count). The fourth-order valence-electron chi connectivity index (χ4n) is 3.09. The minimum absolute atomic E-state index is 0.167. The van der Waals surface area contributed by atoms with Crippen LogP contribution in [0.4, 0.5) is 11.4 Å². The minimum atomic E-state index is -0.455. The molecule has 2 amide bonds. The fraction of sp³-hybridized carbons (Fsp3) is 0.389. The number of hydrogen-bond acceptors (Lipinski definition) is 4. The van der Waals surface area contributed by atoms with Gasteiger partial charge in [0, 0.05) is 31.2 Å². The predicted molar refractivity (Wildman–Crippen MR) is 96.6 cm³/mol. The average Bonchev–Trinajstić information content (AvgIpc) is 3.16. The number of anilines is 2. The van der Waals surface area contributed by atoms with Crippen LogP contribution >= 0.6 is 0 Å². The van der Waals surface area contributed by atoms with E-state index in [2.05, 4.69) is 15.3 Å². The summed E-state index contributed by atoms with van der Waals surface area (Å²) >= 11 is 0. The molecule has 0 bridgehead atoms. The van der Waals surface area contributed by atoms with Gasteiger partial charge in [-0.3, -0.25) is 14.3 Å². The molecular weight excluding hydrogens is 318 g/mol. The van der Waals surface area contributed by atoms with Gasteiger partial charge in [-0.2, -0.15) is 5.10 Å². The highest BCUT2D eigenvalue weighted by molar-refractivity contribution is 6.01. The number of benzene rings is 1. The number of nitrogens with one attached hydrogen (secondary N) is 1. The summed E-state index contributed by atoms with van der Waals surface area (Å²) in [7, 11) is 0. The summed E-state index contributed by atoms with van der Waals surface area (Å²) in [6, 6.07) is 6.57. The van der Waals surface area contributed by atoms with Gasteiger partial charge < -0.3 is 16.0 Å². The van der Waals surface area contributed by atoms with Gasteiger partial charge in [-0.25, -0.2) is 0 Å². The molecule has 1 aromatic carbocycles. The van der Waals surface area contributed by atoms with Gasteiger partial charge in [0.1, 0.15) is 6.04 Å². The van der Waals surface area contributed by atoms with E-state index in [1.165, 1.54) is 6.42 Å². The van der Waals surface area contributed by atoms with Gasteiger partial charge in [-0.1, -0.05) is 0 Å². The predicted octanol–water partition coefficient (Wildman–Crippen LogP) is 2.17. The summed E-state index contributed by atoms with van der Waals surface area (Å²) in [4.78, 5) is 26.4. The standard InChI is InChI=1S/C18H23N5O2/c1-13(23-11-5-8-20-23)18(25)21-14-6-7-15(17(19)24)16(12-14)22-9-3-2-4-10-22/h5-8,11-13H,2-4,9-10H2,1H3,(H2,19,24)(H,21,25)/t13-/m1/s1. The Kier molecular flexibility index (Phi) is 5.02. The van der Waals surface area contributed by atoms with Crippen molar-refractivity contribution in [3.8, 4) is 0 Å². The smallest absolute Gasteiger partial charge is 0.250 e. The number of carbonyl (C=O) groups excluding carboxylic acids is 2. The molecule has 1 atom stereocenters. The van der Waals surface area contributed by atoms with Crippen molar-refractivity contribution in [1.29, 1.82) is 0 Å². The Hall–Kier alpha value is -2.83. The number of carbonyl (C=O) groups is 2. The summed E-state index contributed by atoms with van der Waals surface area (Å²) in [6.07, 6.45) is 6.76. The highest BCUT2D eigenvalue weighted by atomic mass is 16.2. The lowest BCUT2D eigenvalue weighted by atomic mass is 10.1. The highest BCUT2D eigenvalue weighted by Crippen LogP contribution is 2.28. The molecule has 0 spiro atoms. The number of nitrogens with two attached hydrogens (primary N) is 1. The molecule has 7 nitrogen and oxygen atoms in total. The first kappa shape index (κ1) is 17.0. The molecule has 7 heteroatoms. The molecule has 1 fully saturated rings. The molecule has 1 aliphatic heterocycles. The first-order chi connectivity index (χ1) is 12.1. The van der Waals surface area contributed by atoms with E-state index in [1.807, 2.05) is 6.07 Å². The summed E-state index contributed by atoms with van der Waals surface area (Å²) in [6.45, 7) is 3.56. The van der Waals surface area contributed by atoms with Gasteiger partial charge in [0.25, 0.3) is 5.91 Å². The van der Waals surface area contributed by atoms with Gasteiger partial charge in [-0.15, -0.1) is 0 Å². The number of rotatable bonds is 5. The third-order valence-electron chi connectivity index (χ3n) is 4.53. The van der Waals surface area contributed by atoms with Crippen molar-refractivity contribution in [1.82, 2.24) is 9.78 Å². The van der Waals surface area contributed by atoms with E-state index in [9.17, 15) is 9.59 Å². The Morgan fingerprint density at radius 1 is 1.24 bits per heavy atom. The minimum Gasteiger partial charge on any atom is -0.371 e. The van der Waals surface area contributed by atoms with Crippen molar-refractivity contribution in [2.24, 2.45) is 5.73 Å². The number of primary amides is 1. The number of aromatic nitrogens is 2. The van der Waals surface area contributed by atoms with E-state index in [4.69, 9.17) is 5.73 Å². The monoisotopic (exact) mass is 341 g/mol. The van der Waals surface area contributed by atoms with Gasteiger partial charge in [0.15, 0.2) is 0 Å². The third-order valence-corrected chi connectivity index (χ3v) is 4.53. The van der Waals surface area contributed by atoms with E-state index < -0.39 is 11.9 Å². The van der Waals surface area contributed by atoms with Crippen LogP contribution in [0.15, 0.2) is 36.7 Å². The molecule has 132 valence electrons. The second-order valence-corrected chi connectivity index (χ2v) is 6.30. The number of nitrogens with zero attached hydrogens (tertiary/aromatic N) is 3. The summed E-state index contributed by atoms with van der Waals surface area (Å²) < 4.78 is 1.60. The van der Waals surface area contributed by atoms with E-state index in [1.54, 1.807) is 42.2 Å². The molecule has 0 aliphatic carbocycles. The van der Waals surface area contributed by atoms with Crippen molar-refractivity contribution in [3.05, 3.63) is 42.2 Å². The molecule has 1 aromatic heterocycles. The first-order valence-electron chi connectivity index (χ1n) is 8.55. The van der Waals surface area contributed by atoms with Crippen molar-refractivity contribution in [2.75, 3.05) is 23.3 Å². The van der Waals surface area contributed by atoms with Crippen molar-refractivity contribution < 1.29 is 9.59 Å². The van der Waals surface area contributed by atoms with Crippen LogP contribution in [0, 0.1) is 0 Å². The molecule has 0 saturated carbocycles. The van der Waals surface area contributed by atoms with Crippen molar-refractivity contribution >= 4 is 23.2 Å². The second-order valence-electron chi connectivity index (χ2n) is 6.30. The Morgan fingerprint density at radius 2 is 2.00 bits per heavy atom. The van der Waals surface area contributed by atoms with Gasteiger partial charge >= 0.3 is 0 Å². The van der Waals surface area contributed by atoms with Gasteiger partial charge in [-0.05, 0) is 50.5 Å². The Morgan fingerprint density at radius 3 is 2.64 bits per heavy atom. The van der Waals surface area contributed by atoms with E-state index in [-0.39, 0.29) is 5.91 Å². The fourth-order valence-corrected chi connectivity index (χ4v) is 3.09. The lowest BCUT2D eigenvalue weighted by Crippen LogP contribution is -2.32. The Balaban J connectivity index is 1.82. The van der Waals surface area contributed by atoms with Crippen molar-refractivity contribution in [3.63, 3.8) is 0 Å². The zero-order valence-corrected chi connectivity index (χ0v) is 14.3. The first-order valence-corrected chi connectivity index (χ1v) is 8.55. The van der Waals surface area contributed by atoms with E-state index in [0.717, 1.165) is 31.6 Å². The molecular formula is C18H23N5O2. The topological polar surface area (TPSA) is 93.2 Å². The zero-order valence-electron chi connectivity index (χ0n) is 14.3. The van der Waals surface area contributed by atoms with E-state index >= 15 is 0 Å². The van der Waals surface area contributed by atoms with Crippen LogP contribution in [-0.2, 0) is 4.79 Å². The molecule has 25 heavy (non-hydrogen) atoms. The molecule has 3 N–H and O–H groups in total. The molecule has 2 aromatic rings. The largest absolute Gasteiger partial charge is 0.371 e. The Bertz CT molecular complexity index is 751. The third kappa shape index (κ3) is 3.81. The molecule has 1 saturated heterocycles. The van der Waals surface area contributed by atoms with Crippen LogP contribution in [0.2, 0.25) is 0 Å². The summed E-state index contributed by atoms with van der Waals surface area (Å²) in [5.74, 6) is -0.622. The summed E-state index contributed by atoms with van der Waals surface area (Å²) in [5.41, 5.74) is 7.44. The second kappa shape index (κ2) is 7.38. The van der Waals surface area contributed by atoms with Gasteiger partial charge in [0.2, 0.25) is 5.91 Å². The molecule has 2 heterocycles. The summed E-state index contributed by atoms with van der Waals surface area (Å²) in [5, 5.41) is 6.99.